The Morgan fingerprint density at radius 3 is 2.47 bits per heavy atom. The number of rotatable bonds is 5. The summed E-state index contributed by atoms with van der Waals surface area (Å²) in [5.41, 5.74) is 0. The number of imide groups is 1. The molecule has 0 aromatic rings. The molecule has 1 N–H and O–H groups in total. The van der Waals surface area contributed by atoms with Gasteiger partial charge in [0.25, 0.3) is 0 Å². The molecule has 0 aliphatic carbocycles. The average Bonchev–Trinajstić information content (AvgIpc) is 2.54. The Morgan fingerprint density at radius 2 is 2.12 bits per heavy atom. The molecule has 0 saturated carbocycles. The average molecular weight is 242 g/mol. The number of carboxylic acids is 1. The lowest BCUT2D eigenvalue weighted by molar-refractivity contribution is -0.145. The molecule has 1 rings (SSSR count). The van der Waals surface area contributed by atoms with Crippen LogP contribution in [0.3, 0.4) is 0 Å². The SMILES string of the molecule is CCC(C(=O)O)N(C)C1CC(=O)N(CC)C1=O. The molecule has 0 aromatic carbocycles. The number of carbonyl (C=O) groups excluding carboxylic acids is 2. The Balaban J connectivity index is 2.84. The Morgan fingerprint density at radius 1 is 1.53 bits per heavy atom. The minimum Gasteiger partial charge on any atom is -0.480 e. The molecule has 2 atom stereocenters. The van der Waals surface area contributed by atoms with E-state index < -0.39 is 18.1 Å². The van der Waals surface area contributed by atoms with Crippen molar-refractivity contribution in [2.75, 3.05) is 13.6 Å². The predicted octanol–water partition coefficient (Wildman–Crippen LogP) is -0.0712. The highest BCUT2D eigenvalue weighted by Crippen LogP contribution is 2.20. The second-order valence-corrected chi connectivity index (χ2v) is 4.12. The van der Waals surface area contributed by atoms with Gasteiger partial charge in [0, 0.05) is 6.54 Å². The van der Waals surface area contributed by atoms with Gasteiger partial charge in [-0.25, -0.2) is 0 Å². The number of carboxylic acid groups (broad SMARTS) is 1. The van der Waals surface area contributed by atoms with E-state index in [9.17, 15) is 14.4 Å². The molecule has 0 aromatic heterocycles. The van der Waals surface area contributed by atoms with Gasteiger partial charge in [0.1, 0.15) is 6.04 Å². The normalized spacial score (nSPS) is 22.4. The summed E-state index contributed by atoms with van der Waals surface area (Å²) in [5, 5.41) is 9.03. The molecule has 6 nitrogen and oxygen atoms in total. The Labute approximate surface area is 100 Å². The number of likely N-dealkylation sites (tertiary alicyclic amines) is 1. The molecular weight excluding hydrogens is 224 g/mol. The van der Waals surface area contributed by atoms with Gasteiger partial charge in [-0.15, -0.1) is 0 Å². The van der Waals surface area contributed by atoms with Gasteiger partial charge < -0.3 is 5.11 Å². The van der Waals surface area contributed by atoms with Crippen LogP contribution in [-0.4, -0.2) is 58.4 Å². The van der Waals surface area contributed by atoms with E-state index in [0.29, 0.717) is 13.0 Å². The quantitative estimate of drug-likeness (QED) is 0.683. The summed E-state index contributed by atoms with van der Waals surface area (Å²) < 4.78 is 0. The fraction of sp³-hybridized carbons (Fsp3) is 0.727. The number of hydrogen-bond acceptors (Lipinski definition) is 4. The monoisotopic (exact) mass is 242 g/mol. The zero-order valence-corrected chi connectivity index (χ0v) is 10.3. The van der Waals surface area contributed by atoms with E-state index in [1.807, 2.05) is 0 Å². The number of hydrogen-bond donors (Lipinski definition) is 1. The van der Waals surface area contributed by atoms with Crippen molar-refractivity contribution in [2.45, 2.75) is 38.8 Å². The molecule has 2 unspecified atom stereocenters. The van der Waals surface area contributed by atoms with Gasteiger partial charge in [-0.3, -0.25) is 24.2 Å². The van der Waals surface area contributed by atoms with Crippen molar-refractivity contribution in [1.82, 2.24) is 9.80 Å². The van der Waals surface area contributed by atoms with E-state index in [0.717, 1.165) is 0 Å². The number of likely N-dealkylation sites (N-methyl/N-ethyl adjacent to an activating group) is 2. The predicted molar refractivity (Wildman–Crippen MR) is 60.3 cm³/mol. The molecule has 96 valence electrons. The maximum atomic E-state index is 11.9. The summed E-state index contributed by atoms with van der Waals surface area (Å²) in [4.78, 5) is 37.1. The van der Waals surface area contributed by atoms with Crippen molar-refractivity contribution in [3.63, 3.8) is 0 Å². The summed E-state index contributed by atoms with van der Waals surface area (Å²) in [6.45, 7) is 3.81. The molecule has 2 amide bonds. The maximum Gasteiger partial charge on any atom is 0.320 e. The lowest BCUT2D eigenvalue weighted by Crippen LogP contribution is -2.48. The zero-order chi connectivity index (χ0) is 13.2. The van der Waals surface area contributed by atoms with Gasteiger partial charge in [0.15, 0.2) is 0 Å². The van der Waals surface area contributed by atoms with Gasteiger partial charge in [0.2, 0.25) is 11.8 Å². The minimum atomic E-state index is -0.967. The third-order valence-corrected chi connectivity index (χ3v) is 3.19. The van der Waals surface area contributed by atoms with E-state index in [4.69, 9.17) is 5.11 Å². The number of amides is 2. The highest BCUT2D eigenvalue weighted by atomic mass is 16.4. The minimum absolute atomic E-state index is 0.0763. The topological polar surface area (TPSA) is 77.9 Å². The van der Waals surface area contributed by atoms with Crippen LogP contribution in [-0.2, 0) is 14.4 Å². The third kappa shape index (κ3) is 2.46. The Bertz CT molecular complexity index is 342. The van der Waals surface area contributed by atoms with E-state index >= 15 is 0 Å². The molecule has 1 fully saturated rings. The first-order valence-corrected chi connectivity index (χ1v) is 5.72. The van der Waals surface area contributed by atoms with Crippen molar-refractivity contribution in [2.24, 2.45) is 0 Å². The highest BCUT2D eigenvalue weighted by Gasteiger charge is 2.42. The van der Waals surface area contributed by atoms with E-state index in [-0.39, 0.29) is 18.2 Å². The summed E-state index contributed by atoms with van der Waals surface area (Å²) in [6.07, 6.45) is 0.475. The number of carbonyl (C=O) groups is 3. The largest absolute Gasteiger partial charge is 0.480 e. The maximum absolute atomic E-state index is 11.9. The summed E-state index contributed by atoms with van der Waals surface area (Å²) in [6, 6.07) is -1.36. The Kier molecular flexibility index (Phi) is 4.22. The molecule has 0 radical (unpaired) electrons. The first kappa shape index (κ1) is 13.6. The van der Waals surface area contributed by atoms with Crippen LogP contribution in [0.25, 0.3) is 0 Å². The fourth-order valence-electron chi connectivity index (χ4n) is 2.17. The second-order valence-electron chi connectivity index (χ2n) is 4.12. The van der Waals surface area contributed by atoms with Crippen LogP contribution in [0.2, 0.25) is 0 Å². The molecular formula is C11H18N2O4. The molecule has 0 spiro atoms. The third-order valence-electron chi connectivity index (χ3n) is 3.19. The lowest BCUT2D eigenvalue weighted by atomic mass is 10.1. The summed E-state index contributed by atoms with van der Waals surface area (Å²) in [7, 11) is 1.58. The fourth-order valence-corrected chi connectivity index (χ4v) is 2.17. The molecule has 6 heteroatoms. The Hall–Kier alpha value is -1.43. The molecule has 1 saturated heterocycles. The van der Waals surface area contributed by atoms with Gasteiger partial charge in [-0.2, -0.15) is 0 Å². The molecule has 1 aliphatic heterocycles. The van der Waals surface area contributed by atoms with Crippen LogP contribution in [0.5, 0.6) is 0 Å². The van der Waals surface area contributed by atoms with Crippen molar-refractivity contribution in [3.05, 3.63) is 0 Å². The summed E-state index contributed by atoms with van der Waals surface area (Å²) in [5.74, 6) is -1.49. The van der Waals surface area contributed by atoms with E-state index in [1.54, 1.807) is 20.9 Å². The molecule has 1 aliphatic rings. The molecule has 1 heterocycles. The lowest BCUT2D eigenvalue weighted by Gasteiger charge is -2.27. The van der Waals surface area contributed by atoms with Crippen LogP contribution in [0.15, 0.2) is 0 Å². The van der Waals surface area contributed by atoms with Gasteiger partial charge in [0.05, 0.1) is 12.5 Å². The van der Waals surface area contributed by atoms with Crippen molar-refractivity contribution in [3.8, 4) is 0 Å². The van der Waals surface area contributed by atoms with Crippen LogP contribution < -0.4 is 0 Å². The van der Waals surface area contributed by atoms with Crippen LogP contribution in [0.1, 0.15) is 26.7 Å². The molecule has 0 bridgehead atoms. The van der Waals surface area contributed by atoms with E-state index in [2.05, 4.69) is 0 Å². The standard InChI is InChI=1S/C11H18N2O4/c1-4-7(11(16)17)12(3)8-6-9(14)13(5-2)10(8)15/h7-8H,4-6H2,1-3H3,(H,16,17). The van der Waals surface area contributed by atoms with E-state index in [1.165, 1.54) is 9.80 Å². The number of aliphatic carboxylic acids is 1. The van der Waals surface area contributed by atoms with Crippen molar-refractivity contribution in [1.29, 1.82) is 0 Å². The second kappa shape index (κ2) is 5.27. The van der Waals surface area contributed by atoms with Gasteiger partial charge in [-0.05, 0) is 20.4 Å². The number of nitrogens with zero attached hydrogens (tertiary/aromatic N) is 2. The van der Waals surface area contributed by atoms with Crippen LogP contribution in [0, 0.1) is 0 Å². The first-order chi connectivity index (χ1) is 7.93. The molecule has 17 heavy (non-hydrogen) atoms. The first-order valence-electron chi connectivity index (χ1n) is 5.72. The van der Waals surface area contributed by atoms with Crippen LogP contribution >= 0.6 is 0 Å². The highest BCUT2D eigenvalue weighted by molar-refractivity contribution is 6.05. The van der Waals surface area contributed by atoms with Crippen molar-refractivity contribution >= 4 is 17.8 Å². The zero-order valence-electron chi connectivity index (χ0n) is 10.3. The van der Waals surface area contributed by atoms with Gasteiger partial charge in [-0.1, -0.05) is 6.92 Å². The summed E-state index contributed by atoms with van der Waals surface area (Å²) >= 11 is 0. The van der Waals surface area contributed by atoms with Gasteiger partial charge >= 0.3 is 5.97 Å². The smallest absolute Gasteiger partial charge is 0.320 e. The van der Waals surface area contributed by atoms with Crippen LogP contribution in [0.4, 0.5) is 0 Å². The van der Waals surface area contributed by atoms with Crippen molar-refractivity contribution < 1.29 is 19.5 Å².